The monoisotopic (exact) mass is 428 g/mol. The van der Waals surface area contributed by atoms with Crippen molar-refractivity contribution in [3.63, 3.8) is 0 Å². The van der Waals surface area contributed by atoms with Gasteiger partial charge in [-0.05, 0) is 43.9 Å². The van der Waals surface area contributed by atoms with Gasteiger partial charge in [0.05, 0.1) is 16.6 Å². The quantitative estimate of drug-likeness (QED) is 0.717. The molecule has 1 aromatic carbocycles. The maximum atomic E-state index is 13.8. The van der Waals surface area contributed by atoms with Crippen molar-refractivity contribution in [2.24, 2.45) is 0 Å². The summed E-state index contributed by atoms with van der Waals surface area (Å²) in [4.78, 5) is 13.2. The third kappa shape index (κ3) is 4.96. The fourth-order valence-corrected chi connectivity index (χ4v) is 5.26. The Morgan fingerprint density at radius 2 is 2.03 bits per heavy atom. The number of nitrogens with zero attached hydrogens (tertiary/aromatic N) is 2. The van der Waals surface area contributed by atoms with E-state index in [2.05, 4.69) is 0 Å². The van der Waals surface area contributed by atoms with Crippen LogP contribution in [0.2, 0.25) is 0 Å². The summed E-state index contributed by atoms with van der Waals surface area (Å²) in [6.07, 6.45) is 2.36. The van der Waals surface area contributed by atoms with Crippen molar-refractivity contribution in [3.8, 4) is 0 Å². The Morgan fingerprint density at radius 3 is 2.66 bits per heavy atom. The molecule has 1 aromatic rings. The molecule has 0 N–H and O–H groups in total. The molecule has 2 aliphatic rings. The summed E-state index contributed by atoms with van der Waals surface area (Å²) < 4.78 is 52.8. The fraction of sp³-hybridized carbons (Fsp3) is 0.650. The van der Waals surface area contributed by atoms with Gasteiger partial charge in [-0.2, -0.15) is 4.31 Å². The highest BCUT2D eigenvalue weighted by Gasteiger charge is 2.43. The molecule has 0 aliphatic carbocycles. The molecule has 0 aromatic heterocycles. The molecule has 162 valence electrons. The second kappa shape index (κ2) is 8.67. The van der Waals surface area contributed by atoms with Gasteiger partial charge >= 0.3 is 0 Å². The Hall–Kier alpha value is -1.55. The summed E-state index contributed by atoms with van der Waals surface area (Å²) >= 11 is 0. The molecule has 2 aliphatic heterocycles. The molecule has 0 saturated carbocycles. The summed E-state index contributed by atoms with van der Waals surface area (Å²) in [6, 6.07) is 4.01. The van der Waals surface area contributed by atoms with Crippen molar-refractivity contribution in [2.75, 3.05) is 40.4 Å². The van der Waals surface area contributed by atoms with Gasteiger partial charge in [0.15, 0.2) is 0 Å². The van der Waals surface area contributed by atoms with E-state index in [4.69, 9.17) is 9.47 Å². The number of carbonyl (C=O) groups excluding carboxylic acids is 1. The number of sulfonamides is 1. The van der Waals surface area contributed by atoms with Gasteiger partial charge in [-0.3, -0.25) is 4.79 Å². The lowest BCUT2D eigenvalue weighted by atomic mass is 9.84. The minimum Gasteiger partial charge on any atom is -0.375 e. The van der Waals surface area contributed by atoms with Gasteiger partial charge < -0.3 is 14.4 Å². The summed E-state index contributed by atoms with van der Waals surface area (Å²) in [7, 11) is -0.369. The van der Waals surface area contributed by atoms with Crippen LogP contribution in [0.1, 0.15) is 31.2 Å². The van der Waals surface area contributed by atoms with Crippen molar-refractivity contribution in [3.05, 3.63) is 29.6 Å². The van der Waals surface area contributed by atoms with Crippen LogP contribution in [0.25, 0.3) is 0 Å². The molecule has 7 nitrogen and oxygen atoms in total. The van der Waals surface area contributed by atoms with E-state index in [1.165, 1.54) is 21.3 Å². The van der Waals surface area contributed by atoms with Gasteiger partial charge in [-0.1, -0.05) is 6.07 Å². The molecule has 1 atom stereocenters. The van der Waals surface area contributed by atoms with Crippen LogP contribution < -0.4 is 0 Å². The lowest BCUT2D eigenvalue weighted by Gasteiger charge is -2.45. The summed E-state index contributed by atoms with van der Waals surface area (Å²) in [5, 5.41) is 0. The van der Waals surface area contributed by atoms with E-state index in [1.54, 1.807) is 21.0 Å². The van der Waals surface area contributed by atoms with Crippen molar-refractivity contribution in [1.82, 2.24) is 9.21 Å². The third-order valence-electron chi connectivity index (χ3n) is 5.80. The molecule has 9 heteroatoms. The van der Waals surface area contributed by atoms with Gasteiger partial charge in [0.2, 0.25) is 15.9 Å². The van der Waals surface area contributed by atoms with Crippen molar-refractivity contribution >= 4 is 15.9 Å². The zero-order valence-electron chi connectivity index (χ0n) is 17.2. The number of likely N-dealkylation sites (N-methyl/N-ethyl adjacent to an activating group) is 1. The molecule has 2 saturated heterocycles. The van der Waals surface area contributed by atoms with Crippen LogP contribution in [0, 0.1) is 12.7 Å². The topological polar surface area (TPSA) is 76.2 Å². The van der Waals surface area contributed by atoms with Gasteiger partial charge in [0.25, 0.3) is 0 Å². The SMILES string of the molecule is Cc1ccc(S(=O)(=O)N2CCC3(CC2)CC(OCC(=O)N(C)C)CCO3)cc1F. The smallest absolute Gasteiger partial charge is 0.248 e. The number of piperidine rings is 1. The zero-order valence-corrected chi connectivity index (χ0v) is 18.0. The van der Waals surface area contributed by atoms with Crippen molar-refractivity contribution < 1.29 is 27.1 Å². The number of benzene rings is 1. The Balaban J connectivity index is 1.61. The summed E-state index contributed by atoms with van der Waals surface area (Å²) in [5.74, 6) is -0.612. The van der Waals surface area contributed by atoms with E-state index in [0.29, 0.717) is 50.9 Å². The Morgan fingerprint density at radius 1 is 1.34 bits per heavy atom. The number of carbonyl (C=O) groups is 1. The highest BCUT2D eigenvalue weighted by atomic mass is 32.2. The highest BCUT2D eigenvalue weighted by molar-refractivity contribution is 7.89. The molecule has 3 rings (SSSR count). The minimum absolute atomic E-state index is 0.0236. The summed E-state index contributed by atoms with van der Waals surface area (Å²) in [6.45, 7) is 2.77. The summed E-state index contributed by atoms with van der Waals surface area (Å²) in [5.41, 5.74) is -0.0230. The number of rotatable bonds is 5. The van der Waals surface area contributed by atoms with Crippen LogP contribution >= 0.6 is 0 Å². The van der Waals surface area contributed by atoms with Crippen LogP contribution in [0.15, 0.2) is 23.1 Å². The number of hydrogen-bond acceptors (Lipinski definition) is 5. The van der Waals surface area contributed by atoms with E-state index >= 15 is 0 Å². The average Bonchev–Trinajstić information content (AvgIpc) is 2.68. The Labute approximate surface area is 171 Å². The zero-order chi connectivity index (χ0) is 21.2. The molecular weight excluding hydrogens is 399 g/mol. The van der Waals surface area contributed by atoms with Crippen LogP contribution in [-0.2, 0) is 24.3 Å². The predicted octanol–water partition coefficient (Wildman–Crippen LogP) is 1.94. The molecule has 1 spiro atoms. The van der Waals surface area contributed by atoms with Crippen molar-refractivity contribution in [2.45, 2.75) is 49.2 Å². The first kappa shape index (κ1) is 22.1. The fourth-order valence-electron chi connectivity index (χ4n) is 3.81. The van der Waals surface area contributed by atoms with Gasteiger partial charge in [0.1, 0.15) is 12.4 Å². The van der Waals surface area contributed by atoms with E-state index in [0.717, 1.165) is 6.07 Å². The Kier molecular flexibility index (Phi) is 6.62. The normalized spacial score (nSPS) is 22.6. The van der Waals surface area contributed by atoms with Crippen LogP contribution in [0.5, 0.6) is 0 Å². The van der Waals surface area contributed by atoms with Crippen LogP contribution in [-0.4, -0.2) is 75.6 Å². The molecule has 1 amide bonds. The van der Waals surface area contributed by atoms with Gasteiger partial charge in [0, 0.05) is 40.2 Å². The van der Waals surface area contributed by atoms with E-state index in [9.17, 15) is 17.6 Å². The number of ether oxygens (including phenoxy) is 2. The van der Waals surface area contributed by atoms with Crippen molar-refractivity contribution in [1.29, 1.82) is 0 Å². The Bertz CT molecular complexity index is 850. The predicted molar refractivity (Wildman–Crippen MR) is 105 cm³/mol. The molecule has 2 heterocycles. The first-order valence-corrected chi connectivity index (χ1v) is 11.3. The van der Waals surface area contributed by atoms with E-state index in [1.807, 2.05) is 0 Å². The number of halogens is 1. The van der Waals surface area contributed by atoms with Gasteiger partial charge in [-0.25, -0.2) is 12.8 Å². The number of hydrogen-bond donors (Lipinski definition) is 0. The molecule has 29 heavy (non-hydrogen) atoms. The van der Waals surface area contributed by atoms with Gasteiger partial charge in [-0.15, -0.1) is 0 Å². The van der Waals surface area contributed by atoms with Crippen LogP contribution in [0.4, 0.5) is 4.39 Å². The largest absolute Gasteiger partial charge is 0.375 e. The lowest BCUT2D eigenvalue weighted by molar-refractivity contribution is -0.159. The number of amides is 1. The van der Waals surface area contributed by atoms with E-state index in [-0.39, 0.29) is 23.5 Å². The standard InChI is InChI=1S/C20H29FN2O5S/c1-15-4-5-17(12-18(15)21)29(25,26)23-9-7-20(8-10-23)13-16(6-11-28-20)27-14-19(24)22(2)3/h4-5,12,16H,6-11,13-14H2,1-3H3. The maximum absolute atomic E-state index is 13.8. The highest BCUT2D eigenvalue weighted by Crippen LogP contribution is 2.37. The second-order valence-electron chi connectivity index (χ2n) is 8.06. The molecule has 0 bridgehead atoms. The minimum atomic E-state index is -3.74. The second-order valence-corrected chi connectivity index (χ2v) is 10.00. The molecular formula is C20H29FN2O5S. The maximum Gasteiger partial charge on any atom is 0.248 e. The first-order valence-electron chi connectivity index (χ1n) is 9.85. The first-order chi connectivity index (χ1) is 13.6. The third-order valence-corrected chi connectivity index (χ3v) is 7.70. The average molecular weight is 429 g/mol. The number of aryl methyl sites for hydroxylation is 1. The molecule has 1 unspecified atom stereocenters. The van der Waals surface area contributed by atoms with E-state index < -0.39 is 21.4 Å². The lowest BCUT2D eigenvalue weighted by Crippen LogP contribution is -2.52. The van der Waals surface area contributed by atoms with Crippen LogP contribution in [0.3, 0.4) is 0 Å². The molecule has 2 fully saturated rings. The molecule has 0 radical (unpaired) electrons.